The van der Waals surface area contributed by atoms with Gasteiger partial charge >= 0.3 is 6.61 Å². The van der Waals surface area contributed by atoms with Crippen molar-refractivity contribution in [1.29, 1.82) is 0 Å². The summed E-state index contributed by atoms with van der Waals surface area (Å²) in [5.41, 5.74) is 1.13. The van der Waals surface area contributed by atoms with E-state index in [4.69, 9.17) is 0 Å². The van der Waals surface area contributed by atoms with Gasteiger partial charge in [0.2, 0.25) is 0 Å². The van der Waals surface area contributed by atoms with Gasteiger partial charge in [0.1, 0.15) is 5.75 Å². The standard InChI is InChI=1S/C11H13F2NO/c12-11(13)15-9-5-3-8(4-6-9)10-2-1-7-14-10/h3-6,10-11,14H,1-2,7H2/t10-/m1/s1. The zero-order valence-corrected chi connectivity index (χ0v) is 8.25. The molecule has 0 aromatic heterocycles. The van der Waals surface area contributed by atoms with E-state index >= 15 is 0 Å². The third-order valence-electron chi connectivity index (χ3n) is 2.57. The SMILES string of the molecule is FC(F)Oc1ccc([C@H]2CCCN2)cc1. The van der Waals surface area contributed by atoms with Gasteiger partial charge in [0.25, 0.3) is 0 Å². The molecule has 1 aliphatic rings. The van der Waals surface area contributed by atoms with Gasteiger partial charge in [-0.1, -0.05) is 12.1 Å². The number of ether oxygens (including phenoxy) is 1. The molecule has 0 amide bonds. The molecule has 1 saturated heterocycles. The second-order valence-electron chi connectivity index (χ2n) is 3.60. The molecule has 1 heterocycles. The fraction of sp³-hybridized carbons (Fsp3) is 0.455. The van der Waals surface area contributed by atoms with E-state index in [0.717, 1.165) is 18.5 Å². The summed E-state index contributed by atoms with van der Waals surface area (Å²) in [5, 5.41) is 3.34. The molecular weight excluding hydrogens is 200 g/mol. The Morgan fingerprint density at radius 1 is 1.27 bits per heavy atom. The summed E-state index contributed by atoms with van der Waals surface area (Å²) >= 11 is 0. The summed E-state index contributed by atoms with van der Waals surface area (Å²) < 4.78 is 28.1. The van der Waals surface area contributed by atoms with Crippen LogP contribution in [0.1, 0.15) is 24.4 Å². The van der Waals surface area contributed by atoms with Crippen LogP contribution in [0.4, 0.5) is 8.78 Å². The highest BCUT2D eigenvalue weighted by atomic mass is 19.3. The van der Waals surface area contributed by atoms with Crippen LogP contribution in [0.25, 0.3) is 0 Å². The summed E-state index contributed by atoms with van der Waals surface area (Å²) in [5.74, 6) is 0.215. The van der Waals surface area contributed by atoms with Gasteiger partial charge in [-0.2, -0.15) is 8.78 Å². The Kier molecular flexibility index (Phi) is 3.16. The fourth-order valence-corrected chi connectivity index (χ4v) is 1.85. The van der Waals surface area contributed by atoms with Crippen molar-refractivity contribution in [2.24, 2.45) is 0 Å². The van der Waals surface area contributed by atoms with Gasteiger partial charge in [0.15, 0.2) is 0 Å². The van der Waals surface area contributed by atoms with Crippen molar-refractivity contribution in [3.8, 4) is 5.75 Å². The quantitative estimate of drug-likeness (QED) is 0.833. The summed E-state index contributed by atoms with van der Waals surface area (Å²) in [6.07, 6.45) is 2.27. The van der Waals surface area contributed by atoms with Crippen molar-refractivity contribution in [3.05, 3.63) is 29.8 Å². The maximum Gasteiger partial charge on any atom is 0.387 e. The Hall–Kier alpha value is -1.16. The van der Waals surface area contributed by atoms with Crippen LogP contribution in [0.5, 0.6) is 5.75 Å². The highest BCUT2D eigenvalue weighted by molar-refractivity contribution is 5.29. The van der Waals surface area contributed by atoms with E-state index in [-0.39, 0.29) is 5.75 Å². The zero-order valence-electron chi connectivity index (χ0n) is 8.25. The van der Waals surface area contributed by atoms with Crippen molar-refractivity contribution >= 4 is 0 Å². The van der Waals surface area contributed by atoms with Crippen LogP contribution in [-0.2, 0) is 0 Å². The molecule has 0 radical (unpaired) electrons. The van der Waals surface area contributed by atoms with Crippen molar-refractivity contribution in [1.82, 2.24) is 5.32 Å². The van der Waals surface area contributed by atoms with E-state index < -0.39 is 6.61 Å². The minimum atomic E-state index is -2.75. The number of halogens is 2. The van der Waals surface area contributed by atoms with Crippen molar-refractivity contribution in [3.63, 3.8) is 0 Å². The molecule has 0 unspecified atom stereocenters. The Balaban J connectivity index is 2.03. The van der Waals surface area contributed by atoms with E-state index in [9.17, 15) is 8.78 Å². The first kappa shape index (κ1) is 10.4. The lowest BCUT2D eigenvalue weighted by molar-refractivity contribution is -0.0498. The van der Waals surface area contributed by atoms with Crippen LogP contribution in [-0.4, -0.2) is 13.2 Å². The number of hydrogen-bond acceptors (Lipinski definition) is 2. The van der Waals surface area contributed by atoms with Crippen LogP contribution in [0.2, 0.25) is 0 Å². The molecule has 4 heteroatoms. The average molecular weight is 213 g/mol. The molecule has 2 rings (SSSR count). The minimum Gasteiger partial charge on any atom is -0.435 e. The molecular formula is C11H13F2NO. The van der Waals surface area contributed by atoms with Crippen molar-refractivity contribution < 1.29 is 13.5 Å². The maximum absolute atomic E-state index is 11.9. The van der Waals surface area contributed by atoms with E-state index in [0.29, 0.717) is 6.04 Å². The van der Waals surface area contributed by atoms with Gasteiger partial charge in [-0.15, -0.1) is 0 Å². The maximum atomic E-state index is 11.9. The van der Waals surface area contributed by atoms with Crippen molar-refractivity contribution in [2.45, 2.75) is 25.5 Å². The van der Waals surface area contributed by atoms with Crippen LogP contribution in [0, 0.1) is 0 Å². The number of hydrogen-bond donors (Lipinski definition) is 1. The first-order valence-electron chi connectivity index (χ1n) is 5.04. The third kappa shape index (κ3) is 2.65. The second-order valence-corrected chi connectivity index (χ2v) is 3.60. The van der Waals surface area contributed by atoms with Crippen LogP contribution >= 0.6 is 0 Å². The lowest BCUT2D eigenvalue weighted by atomic mass is 10.1. The zero-order chi connectivity index (χ0) is 10.7. The largest absolute Gasteiger partial charge is 0.435 e. The summed E-state index contributed by atoms with van der Waals surface area (Å²) in [6.45, 7) is -1.72. The van der Waals surface area contributed by atoms with Gasteiger partial charge in [0.05, 0.1) is 0 Å². The number of nitrogens with one attached hydrogen (secondary N) is 1. The fourth-order valence-electron chi connectivity index (χ4n) is 1.85. The van der Waals surface area contributed by atoms with Crippen LogP contribution in [0.15, 0.2) is 24.3 Å². The summed E-state index contributed by atoms with van der Waals surface area (Å²) in [6, 6.07) is 7.20. The van der Waals surface area contributed by atoms with E-state index in [1.54, 1.807) is 12.1 Å². The molecule has 1 aliphatic heterocycles. The van der Waals surface area contributed by atoms with Crippen LogP contribution < -0.4 is 10.1 Å². The topological polar surface area (TPSA) is 21.3 Å². The Morgan fingerprint density at radius 2 is 2.00 bits per heavy atom. The summed E-state index contributed by atoms with van der Waals surface area (Å²) in [7, 11) is 0. The lowest BCUT2D eigenvalue weighted by Crippen LogP contribution is -2.12. The molecule has 2 nitrogen and oxygen atoms in total. The Labute approximate surface area is 87.2 Å². The predicted molar refractivity (Wildman–Crippen MR) is 53.1 cm³/mol. The Bertz CT molecular complexity index is 307. The van der Waals surface area contributed by atoms with Gasteiger partial charge in [-0.05, 0) is 37.1 Å². The Morgan fingerprint density at radius 3 is 2.53 bits per heavy atom. The minimum absolute atomic E-state index is 0.215. The van der Waals surface area contributed by atoms with Gasteiger partial charge < -0.3 is 10.1 Å². The highest BCUT2D eigenvalue weighted by Gasteiger charge is 2.15. The number of rotatable bonds is 3. The normalized spacial score (nSPS) is 20.9. The average Bonchev–Trinajstić information content (AvgIpc) is 2.71. The first-order valence-corrected chi connectivity index (χ1v) is 5.04. The molecule has 0 spiro atoms. The molecule has 0 aliphatic carbocycles. The third-order valence-corrected chi connectivity index (χ3v) is 2.57. The molecule has 1 aromatic rings. The molecule has 1 N–H and O–H groups in total. The smallest absolute Gasteiger partial charge is 0.387 e. The molecule has 0 bridgehead atoms. The van der Waals surface area contributed by atoms with Gasteiger partial charge in [-0.3, -0.25) is 0 Å². The van der Waals surface area contributed by atoms with E-state index in [2.05, 4.69) is 10.1 Å². The lowest BCUT2D eigenvalue weighted by Gasteiger charge is -2.11. The first-order chi connectivity index (χ1) is 7.25. The molecule has 0 saturated carbocycles. The highest BCUT2D eigenvalue weighted by Crippen LogP contribution is 2.25. The van der Waals surface area contributed by atoms with Gasteiger partial charge in [-0.25, -0.2) is 0 Å². The van der Waals surface area contributed by atoms with Gasteiger partial charge in [0, 0.05) is 6.04 Å². The second kappa shape index (κ2) is 4.57. The summed E-state index contributed by atoms with van der Waals surface area (Å²) in [4.78, 5) is 0. The molecule has 1 aromatic carbocycles. The molecule has 82 valence electrons. The number of alkyl halides is 2. The van der Waals surface area contributed by atoms with E-state index in [1.807, 2.05) is 12.1 Å². The van der Waals surface area contributed by atoms with Crippen LogP contribution in [0.3, 0.4) is 0 Å². The predicted octanol–water partition coefficient (Wildman–Crippen LogP) is 2.71. The monoisotopic (exact) mass is 213 g/mol. The molecule has 1 fully saturated rings. The van der Waals surface area contributed by atoms with E-state index in [1.165, 1.54) is 6.42 Å². The molecule has 15 heavy (non-hydrogen) atoms. The molecule has 1 atom stereocenters. The van der Waals surface area contributed by atoms with Crippen molar-refractivity contribution in [2.75, 3.05) is 6.54 Å². The number of benzene rings is 1.